The number of amides is 1. The van der Waals surface area contributed by atoms with E-state index in [1.54, 1.807) is 24.1 Å². The highest BCUT2D eigenvalue weighted by atomic mass is 79.9. The highest BCUT2D eigenvalue weighted by molar-refractivity contribution is 9.10. The maximum absolute atomic E-state index is 13.9. The lowest BCUT2D eigenvalue weighted by atomic mass is 9.82. The van der Waals surface area contributed by atoms with Gasteiger partial charge < -0.3 is 14.7 Å². The number of hydrogen-bond acceptors (Lipinski definition) is 3. The standard InChI is InChI=1S/C26H22BrCl2NO3/c1-33-24-20(16-4-5-16)12-21-22(23(24)29)26(14-31,17-6-10-19(28)11-7-17)30(25(21)32)13-15-2-8-18(27)9-3-15/h2-3,6-12,16,31H,4-5,13-14H2,1H3. The molecule has 0 radical (unpaired) electrons. The average Bonchev–Trinajstić information content (AvgIpc) is 3.63. The fourth-order valence-electron chi connectivity index (χ4n) is 4.84. The summed E-state index contributed by atoms with van der Waals surface area (Å²) in [4.78, 5) is 15.6. The van der Waals surface area contributed by atoms with Crippen LogP contribution in [0.3, 0.4) is 0 Å². The molecule has 4 nitrogen and oxygen atoms in total. The molecule has 0 aromatic heterocycles. The van der Waals surface area contributed by atoms with Gasteiger partial charge in [-0.2, -0.15) is 0 Å². The highest BCUT2D eigenvalue weighted by Crippen LogP contribution is 2.55. The molecule has 1 N–H and O–H groups in total. The van der Waals surface area contributed by atoms with Crippen molar-refractivity contribution in [2.45, 2.75) is 30.8 Å². The number of rotatable bonds is 6. The van der Waals surface area contributed by atoms with Gasteiger partial charge in [0.2, 0.25) is 0 Å². The molecule has 2 aliphatic rings. The molecule has 1 aliphatic carbocycles. The number of methoxy groups -OCH3 is 1. The van der Waals surface area contributed by atoms with Crippen LogP contribution in [0.2, 0.25) is 10.0 Å². The van der Waals surface area contributed by atoms with Crippen LogP contribution in [0.4, 0.5) is 0 Å². The summed E-state index contributed by atoms with van der Waals surface area (Å²) in [5.41, 5.74) is 2.57. The van der Waals surface area contributed by atoms with E-state index in [-0.39, 0.29) is 12.5 Å². The minimum Gasteiger partial charge on any atom is -0.495 e. The Hall–Kier alpha value is -2.05. The summed E-state index contributed by atoms with van der Waals surface area (Å²) in [6, 6.07) is 16.9. The zero-order chi connectivity index (χ0) is 23.3. The van der Waals surface area contributed by atoms with Crippen LogP contribution in [0.5, 0.6) is 5.75 Å². The summed E-state index contributed by atoms with van der Waals surface area (Å²) in [6.07, 6.45) is 2.09. The Kier molecular flexibility index (Phi) is 5.94. The number of halogens is 3. The lowest BCUT2D eigenvalue weighted by molar-refractivity contribution is 0.0435. The maximum atomic E-state index is 13.9. The SMILES string of the molecule is COc1c(C2CC2)cc2c(c1Cl)C(CO)(c1ccc(Cl)cc1)N(Cc1ccc(Br)cc1)C2=O. The normalized spacial score (nSPS) is 19.7. The average molecular weight is 547 g/mol. The number of ether oxygens (including phenoxy) is 1. The van der Waals surface area contributed by atoms with Crippen LogP contribution in [0, 0.1) is 0 Å². The third-order valence-electron chi connectivity index (χ3n) is 6.63. The number of aliphatic hydroxyl groups excluding tert-OH is 1. The first-order valence-corrected chi connectivity index (χ1v) is 12.3. The zero-order valence-corrected chi connectivity index (χ0v) is 21.0. The van der Waals surface area contributed by atoms with Crippen LogP contribution < -0.4 is 4.74 Å². The predicted molar refractivity (Wildman–Crippen MR) is 133 cm³/mol. The van der Waals surface area contributed by atoms with E-state index in [0.717, 1.165) is 34.0 Å². The van der Waals surface area contributed by atoms with Crippen LogP contribution in [0.15, 0.2) is 59.1 Å². The van der Waals surface area contributed by atoms with Crippen molar-refractivity contribution < 1.29 is 14.6 Å². The molecule has 170 valence electrons. The molecule has 1 fully saturated rings. The maximum Gasteiger partial charge on any atom is 0.255 e. The van der Waals surface area contributed by atoms with E-state index >= 15 is 0 Å². The zero-order valence-electron chi connectivity index (χ0n) is 17.9. The summed E-state index contributed by atoms with van der Waals surface area (Å²) >= 11 is 16.6. The third-order valence-corrected chi connectivity index (χ3v) is 7.77. The molecule has 3 aromatic rings. The summed E-state index contributed by atoms with van der Waals surface area (Å²) in [6.45, 7) is -0.0308. The molecular formula is C26H22BrCl2NO3. The number of carbonyl (C=O) groups excluding carboxylic acids is 1. The second-order valence-corrected chi connectivity index (χ2v) is 10.3. The second kappa shape index (κ2) is 8.62. The third kappa shape index (κ3) is 3.66. The topological polar surface area (TPSA) is 49.8 Å². The van der Waals surface area contributed by atoms with Gasteiger partial charge in [-0.05, 0) is 65.8 Å². The van der Waals surface area contributed by atoms with E-state index in [0.29, 0.717) is 39.4 Å². The van der Waals surface area contributed by atoms with Gasteiger partial charge in [0.05, 0.1) is 18.7 Å². The summed E-state index contributed by atoms with van der Waals surface area (Å²) < 4.78 is 6.68. The van der Waals surface area contributed by atoms with Crippen molar-refractivity contribution in [1.29, 1.82) is 0 Å². The molecule has 1 heterocycles. The predicted octanol–water partition coefficient (Wildman–Crippen LogP) is 6.53. The summed E-state index contributed by atoms with van der Waals surface area (Å²) in [5.74, 6) is 0.765. The van der Waals surface area contributed by atoms with Gasteiger partial charge >= 0.3 is 0 Å². The quantitative estimate of drug-likeness (QED) is 0.382. The van der Waals surface area contributed by atoms with Crippen molar-refractivity contribution in [2.75, 3.05) is 13.7 Å². The molecule has 3 aromatic carbocycles. The lowest BCUT2D eigenvalue weighted by Crippen LogP contribution is -2.47. The van der Waals surface area contributed by atoms with E-state index in [9.17, 15) is 9.90 Å². The van der Waals surface area contributed by atoms with Gasteiger partial charge in [0.1, 0.15) is 11.3 Å². The number of benzene rings is 3. The number of aliphatic hydroxyl groups is 1. The molecule has 1 unspecified atom stereocenters. The van der Waals surface area contributed by atoms with Gasteiger partial charge in [-0.15, -0.1) is 0 Å². The van der Waals surface area contributed by atoms with Crippen molar-refractivity contribution in [3.63, 3.8) is 0 Å². The molecule has 5 rings (SSSR count). The molecule has 1 amide bonds. The number of fused-ring (bicyclic) bond motifs is 1. The molecule has 0 bridgehead atoms. The van der Waals surface area contributed by atoms with Gasteiger partial charge in [0, 0.05) is 27.2 Å². The first-order valence-electron chi connectivity index (χ1n) is 10.7. The highest BCUT2D eigenvalue weighted by Gasteiger charge is 2.53. The minimum atomic E-state index is -1.17. The van der Waals surface area contributed by atoms with Crippen molar-refractivity contribution in [3.05, 3.63) is 96.9 Å². The second-order valence-electron chi connectivity index (χ2n) is 8.55. The minimum absolute atomic E-state index is 0.164. The Morgan fingerprint density at radius 3 is 2.36 bits per heavy atom. The molecule has 7 heteroatoms. The summed E-state index contributed by atoms with van der Waals surface area (Å²) in [5, 5.41) is 11.9. The van der Waals surface area contributed by atoms with E-state index in [1.165, 1.54) is 0 Å². The van der Waals surface area contributed by atoms with E-state index < -0.39 is 5.54 Å². The monoisotopic (exact) mass is 545 g/mol. The number of nitrogens with zero attached hydrogens (tertiary/aromatic N) is 1. The van der Waals surface area contributed by atoms with Crippen LogP contribution >= 0.6 is 39.1 Å². The van der Waals surface area contributed by atoms with E-state index in [4.69, 9.17) is 27.9 Å². The van der Waals surface area contributed by atoms with Crippen LogP contribution in [-0.4, -0.2) is 29.6 Å². The summed E-state index contributed by atoms with van der Waals surface area (Å²) in [7, 11) is 1.60. The molecular weight excluding hydrogens is 525 g/mol. The Morgan fingerprint density at radius 1 is 1.12 bits per heavy atom. The molecule has 33 heavy (non-hydrogen) atoms. The molecule has 1 atom stereocenters. The van der Waals surface area contributed by atoms with Crippen molar-refractivity contribution >= 4 is 45.0 Å². The van der Waals surface area contributed by atoms with Crippen LogP contribution in [0.1, 0.15) is 51.4 Å². The first kappa shape index (κ1) is 22.7. The van der Waals surface area contributed by atoms with Crippen molar-refractivity contribution in [3.8, 4) is 5.75 Å². The van der Waals surface area contributed by atoms with Crippen molar-refractivity contribution in [2.24, 2.45) is 0 Å². The van der Waals surface area contributed by atoms with Gasteiger partial charge in [-0.25, -0.2) is 0 Å². The number of carbonyl (C=O) groups is 1. The fourth-order valence-corrected chi connectivity index (χ4v) is 5.68. The molecule has 0 spiro atoms. The van der Waals surface area contributed by atoms with E-state index in [2.05, 4.69) is 15.9 Å². The van der Waals surface area contributed by atoms with Crippen LogP contribution in [0.25, 0.3) is 0 Å². The van der Waals surface area contributed by atoms with Crippen LogP contribution in [-0.2, 0) is 12.1 Å². The smallest absolute Gasteiger partial charge is 0.255 e. The molecule has 1 saturated carbocycles. The molecule has 1 aliphatic heterocycles. The number of hydrogen-bond donors (Lipinski definition) is 1. The largest absolute Gasteiger partial charge is 0.495 e. The van der Waals surface area contributed by atoms with Crippen molar-refractivity contribution in [1.82, 2.24) is 4.90 Å². The van der Waals surface area contributed by atoms with Gasteiger partial charge in [-0.1, -0.05) is 63.4 Å². The molecule has 0 saturated heterocycles. The van der Waals surface area contributed by atoms with Gasteiger partial charge in [0.25, 0.3) is 5.91 Å². The Balaban J connectivity index is 1.76. The Labute approximate surface area is 211 Å². The Bertz CT molecular complexity index is 1230. The Morgan fingerprint density at radius 2 is 1.79 bits per heavy atom. The first-order chi connectivity index (χ1) is 15.9. The lowest BCUT2D eigenvalue weighted by Gasteiger charge is -2.39. The van der Waals surface area contributed by atoms with Gasteiger partial charge in [0.15, 0.2) is 0 Å². The fraction of sp³-hybridized carbons (Fsp3) is 0.269. The van der Waals surface area contributed by atoms with E-state index in [1.807, 2.05) is 42.5 Å². The van der Waals surface area contributed by atoms with Gasteiger partial charge in [-0.3, -0.25) is 4.79 Å².